The summed E-state index contributed by atoms with van der Waals surface area (Å²) in [7, 11) is -3.74. The van der Waals surface area contributed by atoms with Crippen molar-refractivity contribution in [2.24, 2.45) is 11.1 Å². The molecular weight excluding hydrogens is 296 g/mol. The van der Waals surface area contributed by atoms with Crippen molar-refractivity contribution < 1.29 is 13.2 Å². The van der Waals surface area contributed by atoms with Gasteiger partial charge in [0.15, 0.2) is 0 Å². The summed E-state index contributed by atoms with van der Waals surface area (Å²) in [5.74, 6) is 0.337. The fourth-order valence-electron chi connectivity index (χ4n) is 2.63. The van der Waals surface area contributed by atoms with Crippen molar-refractivity contribution in [3.63, 3.8) is 0 Å². The molecule has 7 heteroatoms. The van der Waals surface area contributed by atoms with E-state index in [1.807, 2.05) is 0 Å². The largest absolute Gasteiger partial charge is 0.352 e. The molecular formula is C13H20N2O3S2. The highest BCUT2D eigenvalue weighted by atomic mass is 32.2. The molecule has 1 aliphatic rings. The molecule has 112 valence electrons. The third-order valence-corrected chi connectivity index (χ3v) is 6.46. The van der Waals surface area contributed by atoms with Crippen molar-refractivity contribution in [3.05, 3.63) is 16.5 Å². The molecule has 0 unspecified atom stereocenters. The van der Waals surface area contributed by atoms with Crippen molar-refractivity contribution in [1.82, 2.24) is 5.32 Å². The predicted octanol–water partition coefficient (Wildman–Crippen LogP) is 2.01. The monoisotopic (exact) mass is 316 g/mol. The molecule has 1 saturated carbocycles. The number of carbonyl (C=O) groups excluding carboxylic acids is 1. The molecule has 1 aromatic heterocycles. The number of primary sulfonamides is 1. The fourth-order valence-corrected chi connectivity index (χ4v) is 4.64. The maximum atomic E-state index is 12.1. The van der Waals surface area contributed by atoms with Crippen molar-refractivity contribution in [2.75, 3.05) is 6.54 Å². The molecule has 0 bridgehead atoms. The van der Waals surface area contributed by atoms with E-state index in [0.29, 0.717) is 23.6 Å². The van der Waals surface area contributed by atoms with E-state index >= 15 is 0 Å². The van der Waals surface area contributed by atoms with Gasteiger partial charge in [-0.2, -0.15) is 0 Å². The molecule has 1 fully saturated rings. The number of amides is 1. The van der Waals surface area contributed by atoms with E-state index in [-0.39, 0.29) is 10.1 Å². The maximum absolute atomic E-state index is 12.1. The number of nitrogens with two attached hydrogens (primary N) is 1. The van der Waals surface area contributed by atoms with E-state index < -0.39 is 10.0 Å². The summed E-state index contributed by atoms with van der Waals surface area (Å²) < 4.78 is 22.8. The first-order valence-corrected chi connectivity index (χ1v) is 9.21. The lowest BCUT2D eigenvalue weighted by molar-refractivity contribution is 0.0943. The first kappa shape index (κ1) is 15.5. The molecule has 1 amide bonds. The quantitative estimate of drug-likeness (QED) is 0.890. The molecule has 0 aliphatic heterocycles. The topological polar surface area (TPSA) is 89.3 Å². The highest BCUT2D eigenvalue weighted by molar-refractivity contribution is 7.91. The van der Waals surface area contributed by atoms with Crippen LogP contribution in [0.15, 0.2) is 9.59 Å². The Hall–Kier alpha value is -0.920. The third kappa shape index (κ3) is 3.59. The van der Waals surface area contributed by atoms with Gasteiger partial charge in [-0.05, 0) is 31.2 Å². The zero-order valence-electron chi connectivity index (χ0n) is 11.5. The zero-order valence-corrected chi connectivity index (χ0v) is 13.1. The summed E-state index contributed by atoms with van der Waals surface area (Å²) in [6, 6.07) is 0. The summed E-state index contributed by atoms with van der Waals surface area (Å²) in [4.78, 5) is 12.1. The SMILES string of the molecule is Cc1c(C(=O)NCC2CCCCC2)csc1S(N)(=O)=O. The van der Waals surface area contributed by atoms with Gasteiger partial charge >= 0.3 is 0 Å². The van der Waals surface area contributed by atoms with Crippen LogP contribution in [0.3, 0.4) is 0 Å². The van der Waals surface area contributed by atoms with Gasteiger partial charge < -0.3 is 5.32 Å². The Labute approximate surface area is 123 Å². The van der Waals surface area contributed by atoms with Crippen molar-refractivity contribution in [2.45, 2.75) is 43.2 Å². The van der Waals surface area contributed by atoms with E-state index in [1.165, 1.54) is 19.3 Å². The molecule has 3 N–H and O–H groups in total. The number of sulfonamides is 1. The zero-order chi connectivity index (χ0) is 14.8. The number of carbonyl (C=O) groups is 1. The van der Waals surface area contributed by atoms with Crippen molar-refractivity contribution >= 4 is 27.3 Å². The van der Waals surface area contributed by atoms with Gasteiger partial charge in [-0.3, -0.25) is 4.79 Å². The molecule has 20 heavy (non-hydrogen) atoms. The smallest absolute Gasteiger partial charge is 0.252 e. The predicted molar refractivity (Wildman–Crippen MR) is 79.3 cm³/mol. The van der Waals surface area contributed by atoms with E-state index in [2.05, 4.69) is 5.32 Å². The van der Waals surface area contributed by atoms with Gasteiger partial charge in [0.25, 0.3) is 5.91 Å². The minimum Gasteiger partial charge on any atom is -0.352 e. The molecule has 2 rings (SSSR count). The summed E-state index contributed by atoms with van der Waals surface area (Å²) in [5, 5.41) is 9.58. The Morgan fingerprint density at radius 2 is 2.05 bits per heavy atom. The van der Waals surface area contributed by atoms with Crippen LogP contribution in [0.5, 0.6) is 0 Å². The lowest BCUT2D eigenvalue weighted by Gasteiger charge is -2.21. The molecule has 0 saturated heterocycles. The third-order valence-electron chi connectivity index (χ3n) is 3.77. The first-order valence-electron chi connectivity index (χ1n) is 6.78. The average molecular weight is 316 g/mol. The highest BCUT2D eigenvalue weighted by Gasteiger charge is 2.21. The second kappa shape index (κ2) is 6.24. The van der Waals surface area contributed by atoms with Crippen LogP contribution >= 0.6 is 11.3 Å². The summed E-state index contributed by atoms with van der Waals surface area (Å²) in [6.07, 6.45) is 6.06. The van der Waals surface area contributed by atoms with Crippen LogP contribution in [0.2, 0.25) is 0 Å². The van der Waals surface area contributed by atoms with Crippen LogP contribution in [0.25, 0.3) is 0 Å². The van der Waals surface area contributed by atoms with Crippen LogP contribution in [-0.4, -0.2) is 20.9 Å². The van der Waals surface area contributed by atoms with Crippen LogP contribution in [-0.2, 0) is 10.0 Å². The second-order valence-electron chi connectivity index (χ2n) is 5.32. The van der Waals surface area contributed by atoms with E-state index in [1.54, 1.807) is 12.3 Å². The molecule has 0 radical (unpaired) electrons. The lowest BCUT2D eigenvalue weighted by Crippen LogP contribution is -2.30. The van der Waals surface area contributed by atoms with Crippen molar-refractivity contribution in [1.29, 1.82) is 0 Å². The van der Waals surface area contributed by atoms with Crippen LogP contribution in [0, 0.1) is 12.8 Å². The van der Waals surface area contributed by atoms with Crippen molar-refractivity contribution in [3.8, 4) is 0 Å². The molecule has 1 aliphatic carbocycles. The van der Waals surface area contributed by atoms with Crippen LogP contribution in [0.4, 0.5) is 0 Å². The minimum absolute atomic E-state index is 0.0697. The van der Waals surface area contributed by atoms with Gasteiger partial charge in [0.2, 0.25) is 10.0 Å². The number of hydrogen-bond donors (Lipinski definition) is 2. The van der Waals surface area contributed by atoms with E-state index in [0.717, 1.165) is 24.2 Å². The first-order chi connectivity index (χ1) is 9.39. The highest BCUT2D eigenvalue weighted by Crippen LogP contribution is 2.26. The molecule has 1 heterocycles. The van der Waals surface area contributed by atoms with Gasteiger partial charge in [-0.25, -0.2) is 13.6 Å². The van der Waals surface area contributed by atoms with Gasteiger partial charge in [-0.1, -0.05) is 19.3 Å². The van der Waals surface area contributed by atoms with E-state index in [9.17, 15) is 13.2 Å². The molecule has 0 spiro atoms. The van der Waals surface area contributed by atoms with Gasteiger partial charge in [0.1, 0.15) is 4.21 Å². The maximum Gasteiger partial charge on any atom is 0.252 e. The Balaban J connectivity index is 2.01. The van der Waals surface area contributed by atoms with Crippen LogP contribution in [0.1, 0.15) is 48.0 Å². The Kier molecular flexibility index (Phi) is 4.82. The molecule has 0 aromatic carbocycles. The Morgan fingerprint density at radius 3 is 2.60 bits per heavy atom. The normalized spacial score (nSPS) is 17.1. The number of thiophene rings is 1. The Bertz CT molecular complexity index is 587. The fraction of sp³-hybridized carbons (Fsp3) is 0.615. The summed E-state index contributed by atoms with van der Waals surface area (Å²) in [6.45, 7) is 2.28. The van der Waals surface area contributed by atoms with Crippen LogP contribution < -0.4 is 10.5 Å². The summed E-state index contributed by atoms with van der Waals surface area (Å²) in [5.41, 5.74) is 0.855. The summed E-state index contributed by atoms with van der Waals surface area (Å²) >= 11 is 0.999. The van der Waals surface area contributed by atoms with Gasteiger partial charge in [0, 0.05) is 11.9 Å². The second-order valence-corrected chi connectivity index (χ2v) is 7.96. The number of rotatable bonds is 4. The molecule has 0 atom stereocenters. The average Bonchev–Trinajstić information content (AvgIpc) is 2.79. The van der Waals surface area contributed by atoms with Gasteiger partial charge in [-0.15, -0.1) is 11.3 Å². The van der Waals surface area contributed by atoms with Gasteiger partial charge in [0.05, 0.1) is 5.56 Å². The molecule has 1 aromatic rings. The standard InChI is InChI=1S/C13H20N2O3S2/c1-9-11(8-19-13(9)20(14,17)18)12(16)15-7-10-5-3-2-4-6-10/h8,10H,2-7H2,1H3,(H,15,16)(H2,14,17,18). The number of nitrogens with one attached hydrogen (secondary N) is 1. The number of hydrogen-bond acceptors (Lipinski definition) is 4. The molecule has 5 nitrogen and oxygen atoms in total. The Morgan fingerprint density at radius 1 is 1.40 bits per heavy atom. The lowest BCUT2D eigenvalue weighted by atomic mass is 9.89. The van der Waals surface area contributed by atoms with E-state index in [4.69, 9.17) is 5.14 Å². The minimum atomic E-state index is -3.74.